The average molecular weight is 815 g/mol. The molecular formula is C27H42Br2O10S4. The van der Waals surface area contributed by atoms with E-state index in [9.17, 15) is 19.2 Å². The van der Waals surface area contributed by atoms with Gasteiger partial charge in [-0.2, -0.15) is 0 Å². The van der Waals surface area contributed by atoms with Crippen molar-refractivity contribution in [3.8, 4) is 0 Å². The van der Waals surface area contributed by atoms with Gasteiger partial charge >= 0.3 is 23.9 Å². The summed E-state index contributed by atoms with van der Waals surface area (Å²) in [5, 5.41) is 0. The van der Waals surface area contributed by atoms with E-state index < -0.39 is 73.9 Å². The van der Waals surface area contributed by atoms with Crippen LogP contribution in [0, 0.1) is 5.41 Å². The summed E-state index contributed by atoms with van der Waals surface area (Å²) in [4.78, 5) is 51.8. The predicted molar refractivity (Wildman–Crippen MR) is 184 cm³/mol. The number of thioether (sulfide) groups is 2. The number of carbonyl (C=O) groups is 4. The maximum absolute atomic E-state index is 13.2. The van der Waals surface area contributed by atoms with Crippen molar-refractivity contribution in [2.45, 2.75) is 87.4 Å². The lowest BCUT2D eigenvalue weighted by Crippen LogP contribution is -2.48. The molecule has 0 saturated carbocycles. The fraction of sp³-hybridized carbons (Fsp3) is 0.778. The summed E-state index contributed by atoms with van der Waals surface area (Å²) in [5.41, 5.74) is -1.49. The van der Waals surface area contributed by atoms with Crippen molar-refractivity contribution in [1.82, 2.24) is 0 Å². The Balaban J connectivity index is 6.35. The predicted octanol–water partition coefficient (Wildman–Crippen LogP) is 6.16. The monoisotopic (exact) mass is 812 g/mol. The van der Waals surface area contributed by atoms with Gasteiger partial charge in [-0.15, -0.1) is 0 Å². The first kappa shape index (κ1) is 42.3. The van der Waals surface area contributed by atoms with Crippen LogP contribution in [0.1, 0.15) is 69.2 Å². The van der Waals surface area contributed by atoms with Crippen molar-refractivity contribution in [1.29, 1.82) is 0 Å². The highest BCUT2D eigenvalue weighted by Crippen LogP contribution is 2.33. The molecule has 43 heavy (non-hydrogen) atoms. The number of esters is 4. The number of thiocarbonyl (C=S) groups is 2. The lowest BCUT2D eigenvalue weighted by atomic mass is 9.91. The molecule has 0 aromatic rings. The SMILES string of the molecule is CCOC(=S)SC(C)(C)C(=O)OCC(COC(=O)C(C)(C)Br)(COC(=O)C(C)(C)Br)COC(=O)C(C)(C)SC(=S)OCC. The summed E-state index contributed by atoms with van der Waals surface area (Å²) in [5.74, 6) is -2.63. The minimum atomic E-state index is -1.49. The molecule has 0 radical (unpaired) electrons. The van der Waals surface area contributed by atoms with Crippen LogP contribution in [0.5, 0.6) is 0 Å². The average Bonchev–Trinajstić information content (AvgIpc) is 2.85. The Morgan fingerprint density at radius 3 is 1.02 bits per heavy atom. The van der Waals surface area contributed by atoms with Gasteiger partial charge in [-0.3, -0.25) is 19.2 Å². The molecule has 0 unspecified atom stereocenters. The van der Waals surface area contributed by atoms with Crippen LogP contribution in [0.15, 0.2) is 0 Å². The molecule has 10 nitrogen and oxygen atoms in total. The summed E-state index contributed by atoms with van der Waals surface area (Å²) >= 11 is 18.9. The zero-order valence-electron chi connectivity index (χ0n) is 26.2. The first-order valence-electron chi connectivity index (χ1n) is 13.2. The van der Waals surface area contributed by atoms with Crippen LogP contribution in [0.3, 0.4) is 0 Å². The Labute approximate surface area is 290 Å². The van der Waals surface area contributed by atoms with Crippen molar-refractivity contribution >= 4 is 112 Å². The van der Waals surface area contributed by atoms with Gasteiger partial charge in [-0.25, -0.2) is 0 Å². The van der Waals surface area contributed by atoms with E-state index in [1.54, 1.807) is 69.2 Å². The van der Waals surface area contributed by atoms with E-state index in [4.69, 9.17) is 52.9 Å². The molecule has 0 amide bonds. The van der Waals surface area contributed by atoms with E-state index in [1.165, 1.54) is 0 Å². The highest BCUT2D eigenvalue weighted by atomic mass is 79.9. The van der Waals surface area contributed by atoms with E-state index in [2.05, 4.69) is 31.9 Å². The lowest BCUT2D eigenvalue weighted by Gasteiger charge is -2.35. The summed E-state index contributed by atoms with van der Waals surface area (Å²) in [6, 6.07) is 0. The molecule has 0 saturated heterocycles. The summed E-state index contributed by atoms with van der Waals surface area (Å²) in [7, 11) is 0. The standard InChI is InChI=1S/C27H42Br2O10S4/c1-11-34-21(40)42-25(7,8)19(32)38-15-27(13-36-17(30)23(3,4)28,14-37-18(31)24(5,6)29)16-39-20(33)26(9,10)43-22(41)35-12-2/h11-16H2,1-10H3. The Morgan fingerprint density at radius 2 is 0.791 bits per heavy atom. The van der Waals surface area contributed by atoms with Crippen LogP contribution in [-0.2, 0) is 47.6 Å². The van der Waals surface area contributed by atoms with Crippen molar-refractivity contribution in [3.05, 3.63) is 0 Å². The Bertz CT molecular complexity index is 940. The molecule has 0 rings (SSSR count). The smallest absolute Gasteiger partial charge is 0.322 e. The van der Waals surface area contributed by atoms with Crippen molar-refractivity contribution in [2.75, 3.05) is 39.6 Å². The minimum Gasteiger partial charge on any atom is -0.479 e. The molecule has 0 N–H and O–H groups in total. The van der Waals surface area contributed by atoms with Gasteiger partial charge in [0.2, 0.25) is 8.77 Å². The lowest BCUT2D eigenvalue weighted by molar-refractivity contribution is -0.173. The molecule has 0 spiro atoms. The Kier molecular flexibility index (Phi) is 17.6. The molecule has 0 fully saturated rings. The molecule has 0 aliphatic carbocycles. The molecule has 248 valence electrons. The zero-order chi connectivity index (χ0) is 33.9. The van der Waals surface area contributed by atoms with Gasteiger partial charge in [-0.1, -0.05) is 55.4 Å². The topological polar surface area (TPSA) is 124 Å². The number of alkyl halides is 2. The number of rotatable bonds is 16. The third-order valence-corrected chi connectivity index (χ3v) is 8.50. The largest absolute Gasteiger partial charge is 0.479 e. The highest BCUT2D eigenvalue weighted by Gasteiger charge is 2.44. The molecule has 0 aliphatic heterocycles. The third kappa shape index (κ3) is 15.9. The first-order valence-corrected chi connectivity index (χ1v) is 17.2. The number of hydrogen-bond acceptors (Lipinski definition) is 14. The van der Waals surface area contributed by atoms with Gasteiger partial charge in [0.25, 0.3) is 0 Å². The van der Waals surface area contributed by atoms with Crippen LogP contribution >= 0.6 is 79.8 Å². The van der Waals surface area contributed by atoms with Gasteiger partial charge in [0.05, 0.1) is 13.2 Å². The Morgan fingerprint density at radius 1 is 0.535 bits per heavy atom. The quantitative estimate of drug-likeness (QED) is 0.0765. The fourth-order valence-electron chi connectivity index (χ4n) is 2.61. The molecule has 0 aliphatic rings. The minimum absolute atomic E-state index is 0.163. The van der Waals surface area contributed by atoms with Gasteiger partial charge in [0.15, 0.2) is 0 Å². The third-order valence-electron chi connectivity index (χ3n) is 5.19. The van der Waals surface area contributed by atoms with E-state index in [0.717, 1.165) is 23.5 Å². The number of hydrogen-bond donors (Lipinski definition) is 0. The molecule has 0 bridgehead atoms. The molecule has 0 atom stereocenters. The van der Waals surface area contributed by atoms with Gasteiger partial charge < -0.3 is 28.4 Å². The maximum Gasteiger partial charge on any atom is 0.322 e. The normalized spacial score (nSPS) is 12.6. The van der Waals surface area contributed by atoms with Crippen LogP contribution in [0.4, 0.5) is 0 Å². The molecule has 0 aromatic heterocycles. The van der Waals surface area contributed by atoms with Crippen LogP contribution < -0.4 is 0 Å². The summed E-state index contributed by atoms with van der Waals surface area (Å²) in [6.07, 6.45) is 0. The number of carbonyl (C=O) groups excluding carboxylic acids is 4. The van der Waals surface area contributed by atoms with Gasteiger partial charge in [0.1, 0.15) is 50.0 Å². The molecule has 0 aromatic carbocycles. The van der Waals surface area contributed by atoms with Crippen LogP contribution in [-0.4, -0.2) is 90.4 Å². The first-order chi connectivity index (χ1) is 19.4. The maximum atomic E-state index is 13.2. The molecule has 16 heteroatoms. The van der Waals surface area contributed by atoms with E-state index >= 15 is 0 Å². The summed E-state index contributed by atoms with van der Waals surface area (Å²) in [6.45, 7) is 15.3. The fourth-order valence-corrected chi connectivity index (χ4v) is 5.80. The van der Waals surface area contributed by atoms with Crippen molar-refractivity contribution < 1.29 is 47.6 Å². The second-order valence-corrected chi connectivity index (χ2v) is 19.8. The van der Waals surface area contributed by atoms with Crippen LogP contribution in [0.2, 0.25) is 0 Å². The van der Waals surface area contributed by atoms with E-state index in [1.807, 2.05) is 0 Å². The summed E-state index contributed by atoms with van der Waals surface area (Å²) < 4.78 is 29.0. The zero-order valence-corrected chi connectivity index (χ0v) is 32.7. The van der Waals surface area contributed by atoms with Gasteiger partial charge in [0, 0.05) is 0 Å². The second-order valence-electron chi connectivity index (χ2n) is 11.3. The van der Waals surface area contributed by atoms with E-state index in [-0.39, 0.29) is 8.77 Å². The highest BCUT2D eigenvalue weighted by molar-refractivity contribution is 9.10. The molecular weight excluding hydrogens is 772 g/mol. The van der Waals surface area contributed by atoms with Crippen LogP contribution in [0.25, 0.3) is 0 Å². The number of ether oxygens (including phenoxy) is 6. The van der Waals surface area contributed by atoms with E-state index in [0.29, 0.717) is 13.2 Å². The second kappa shape index (κ2) is 17.9. The molecule has 0 heterocycles. The van der Waals surface area contributed by atoms with Crippen molar-refractivity contribution in [2.24, 2.45) is 5.41 Å². The number of halogens is 2. The Hall–Kier alpha value is -0.680. The van der Waals surface area contributed by atoms with Gasteiger partial charge in [-0.05, 0) is 93.7 Å². The van der Waals surface area contributed by atoms with Crippen molar-refractivity contribution in [3.63, 3.8) is 0 Å².